The molecule has 226 valence electrons. The molecule has 2 N–H and O–H groups in total. The van der Waals surface area contributed by atoms with Gasteiger partial charge in [0.1, 0.15) is 12.3 Å². The fraction of sp³-hybridized carbons (Fsp3) is 0.607. The molecule has 41 heavy (non-hydrogen) atoms. The van der Waals surface area contributed by atoms with Gasteiger partial charge in [-0.1, -0.05) is 0 Å². The van der Waals surface area contributed by atoms with Gasteiger partial charge in [0.05, 0.1) is 25.1 Å². The van der Waals surface area contributed by atoms with Crippen molar-refractivity contribution in [1.29, 1.82) is 0 Å². The van der Waals surface area contributed by atoms with Gasteiger partial charge in [0.25, 0.3) is 0 Å². The lowest BCUT2D eigenvalue weighted by atomic mass is 10.0. The van der Waals surface area contributed by atoms with E-state index in [0.29, 0.717) is 31.4 Å². The Hall–Kier alpha value is -3.16. The van der Waals surface area contributed by atoms with Crippen molar-refractivity contribution in [3.8, 4) is 17.0 Å². The molecule has 0 aliphatic carbocycles. The van der Waals surface area contributed by atoms with Gasteiger partial charge in [-0.05, 0) is 31.9 Å². The van der Waals surface area contributed by atoms with Crippen LogP contribution in [0, 0.1) is 6.92 Å². The van der Waals surface area contributed by atoms with Crippen LogP contribution in [0.15, 0.2) is 24.5 Å². The minimum atomic E-state index is -4.00. The molecule has 0 aromatic carbocycles. The third kappa shape index (κ3) is 9.72. The number of nitrogens with zero attached hydrogens (tertiary/aromatic N) is 5. The first-order chi connectivity index (χ1) is 19.7. The van der Waals surface area contributed by atoms with Crippen molar-refractivity contribution >= 4 is 17.4 Å². The van der Waals surface area contributed by atoms with Crippen LogP contribution in [0.4, 0.5) is 29.3 Å². The van der Waals surface area contributed by atoms with Crippen LogP contribution in [0.1, 0.15) is 25.5 Å². The summed E-state index contributed by atoms with van der Waals surface area (Å²) in [6.07, 6.45) is 1.69. The normalized spacial score (nSPS) is 18.1. The number of amides is 2. The SMILES string of the molecule is CC(F)(F)F.Cc1ncc(NC(=O)N2CCCC2)cc1-c1cnc(OCCN2CCNCC2)c(N2CCOCC2)c1. The number of aryl methyl sites for hydroxylation is 1. The average Bonchev–Trinajstić information content (AvgIpc) is 3.50. The van der Waals surface area contributed by atoms with Crippen molar-refractivity contribution in [3.05, 3.63) is 30.2 Å². The number of halogens is 3. The van der Waals surface area contributed by atoms with Gasteiger partial charge in [0.15, 0.2) is 0 Å². The molecular formula is C28H40F3N7O3. The largest absolute Gasteiger partial charge is 0.475 e. The van der Waals surface area contributed by atoms with E-state index >= 15 is 0 Å². The van der Waals surface area contributed by atoms with Gasteiger partial charge < -0.3 is 29.9 Å². The van der Waals surface area contributed by atoms with Crippen molar-refractivity contribution in [2.75, 3.05) is 88.9 Å². The molecule has 3 saturated heterocycles. The molecule has 13 heteroatoms. The van der Waals surface area contributed by atoms with Crippen LogP contribution in [0.2, 0.25) is 0 Å². The Morgan fingerprint density at radius 1 is 1.05 bits per heavy atom. The molecule has 2 aromatic rings. The third-order valence-electron chi connectivity index (χ3n) is 7.08. The number of nitrogens with one attached hydrogen (secondary N) is 2. The summed E-state index contributed by atoms with van der Waals surface area (Å²) in [7, 11) is 0. The van der Waals surface area contributed by atoms with Gasteiger partial charge in [-0.3, -0.25) is 9.88 Å². The number of carbonyl (C=O) groups excluding carboxylic acids is 1. The Bertz CT molecular complexity index is 1130. The topological polar surface area (TPSA) is 95.1 Å². The molecule has 0 atom stereocenters. The van der Waals surface area contributed by atoms with Gasteiger partial charge in [0.2, 0.25) is 5.88 Å². The molecule has 0 bridgehead atoms. The zero-order chi connectivity index (χ0) is 29.2. The number of ether oxygens (including phenoxy) is 2. The summed E-state index contributed by atoms with van der Waals surface area (Å²) in [5, 5.41) is 6.40. The van der Waals surface area contributed by atoms with Crippen molar-refractivity contribution < 1.29 is 27.4 Å². The Morgan fingerprint density at radius 3 is 2.41 bits per heavy atom. The highest BCUT2D eigenvalue weighted by atomic mass is 19.4. The number of anilines is 2. The van der Waals surface area contributed by atoms with Crippen LogP contribution in [-0.2, 0) is 4.74 Å². The number of rotatable bonds is 7. The molecule has 3 fully saturated rings. The van der Waals surface area contributed by atoms with Gasteiger partial charge in [0, 0.05) is 88.8 Å². The number of urea groups is 1. The van der Waals surface area contributed by atoms with Crippen LogP contribution in [-0.4, -0.2) is 111 Å². The molecule has 2 amide bonds. The first-order valence-corrected chi connectivity index (χ1v) is 14.2. The van der Waals surface area contributed by atoms with Gasteiger partial charge in [-0.25, -0.2) is 9.78 Å². The van der Waals surface area contributed by atoms with Crippen molar-refractivity contribution in [3.63, 3.8) is 0 Å². The lowest BCUT2D eigenvalue weighted by molar-refractivity contribution is -0.110. The highest BCUT2D eigenvalue weighted by Gasteiger charge is 2.21. The summed E-state index contributed by atoms with van der Waals surface area (Å²) < 4.78 is 42.9. The molecule has 0 saturated carbocycles. The maximum Gasteiger partial charge on any atom is 0.386 e. The Labute approximate surface area is 239 Å². The van der Waals surface area contributed by atoms with Crippen molar-refractivity contribution in [2.45, 2.75) is 32.9 Å². The van der Waals surface area contributed by atoms with E-state index in [2.05, 4.69) is 31.5 Å². The molecule has 2 aromatic heterocycles. The summed E-state index contributed by atoms with van der Waals surface area (Å²) in [6.45, 7) is 12.4. The average molecular weight is 580 g/mol. The summed E-state index contributed by atoms with van der Waals surface area (Å²) in [6, 6.07) is 4.06. The molecule has 5 heterocycles. The quantitative estimate of drug-likeness (QED) is 0.512. The molecule has 3 aliphatic rings. The summed E-state index contributed by atoms with van der Waals surface area (Å²) in [4.78, 5) is 28.5. The molecule has 0 spiro atoms. The Balaban J connectivity index is 0.000000714. The van der Waals surface area contributed by atoms with Gasteiger partial charge in [-0.2, -0.15) is 13.2 Å². The van der Waals surface area contributed by atoms with Crippen LogP contribution >= 0.6 is 0 Å². The fourth-order valence-corrected chi connectivity index (χ4v) is 4.95. The predicted octanol–water partition coefficient (Wildman–Crippen LogP) is 3.77. The van der Waals surface area contributed by atoms with E-state index in [4.69, 9.17) is 14.5 Å². The van der Waals surface area contributed by atoms with Gasteiger partial charge in [-0.15, -0.1) is 0 Å². The van der Waals surface area contributed by atoms with E-state index in [-0.39, 0.29) is 13.0 Å². The van der Waals surface area contributed by atoms with Gasteiger partial charge >= 0.3 is 12.2 Å². The summed E-state index contributed by atoms with van der Waals surface area (Å²) in [5.74, 6) is 0.653. The molecule has 3 aliphatic heterocycles. The number of morpholine rings is 1. The standard InChI is InChI=1S/C26H37N7O3.C2H3F3/c1-20-23(17-22(19-28-20)30-26(34)33-6-2-3-7-33)21-16-24(32-11-13-35-14-12-32)25(29-18-21)36-15-10-31-8-4-27-5-9-31;1-2(3,4)5/h16-19,27H,2-15H2,1H3,(H,30,34);1H3. The highest BCUT2D eigenvalue weighted by Crippen LogP contribution is 2.34. The van der Waals surface area contributed by atoms with E-state index in [0.717, 1.165) is 94.3 Å². The molecule has 0 radical (unpaired) electrons. The first kappa shape index (κ1) is 30.8. The zero-order valence-corrected chi connectivity index (χ0v) is 23.8. The molecular weight excluding hydrogens is 539 g/mol. The van der Waals surface area contributed by atoms with E-state index in [1.807, 2.05) is 24.1 Å². The molecule has 5 rings (SSSR count). The number of hydrogen-bond donors (Lipinski definition) is 2. The van der Waals surface area contributed by atoms with E-state index < -0.39 is 6.18 Å². The highest BCUT2D eigenvalue weighted by molar-refractivity contribution is 5.90. The number of likely N-dealkylation sites (tertiary alicyclic amines) is 1. The molecule has 10 nitrogen and oxygen atoms in total. The minimum Gasteiger partial charge on any atom is -0.475 e. The summed E-state index contributed by atoms with van der Waals surface area (Å²) in [5.41, 5.74) is 4.45. The minimum absolute atomic E-state index is 0.0653. The first-order valence-electron chi connectivity index (χ1n) is 14.2. The Kier molecular flexibility index (Phi) is 11.0. The maximum absolute atomic E-state index is 12.6. The number of pyridine rings is 2. The number of carbonyl (C=O) groups is 1. The lowest BCUT2D eigenvalue weighted by Crippen LogP contribution is -2.45. The second-order valence-electron chi connectivity index (χ2n) is 10.4. The Morgan fingerprint density at radius 2 is 1.73 bits per heavy atom. The predicted molar refractivity (Wildman–Crippen MR) is 152 cm³/mol. The third-order valence-corrected chi connectivity index (χ3v) is 7.08. The van der Waals surface area contributed by atoms with E-state index in [9.17, 15) is 18.0 Å². The van der Waals surface area contributed by atoms with E-state index in [1.165, 1.54) is 0 Å². The maximum atomic E-state index is 12.6. The number of aromatic nitrogens is 2. The number of hydrogen-bond acceptors (Lipinski definition) is 8. The van der Waals surface area contributed by atoms with Crippen molar-refractivity contribution in [2.24, 2.45) is 0 Å². The second-order valence-corrected chi connectivity index (χ2v) is 10.4. The van der Waals surface area contributed by atoms with Crippen molar-refractivity contribution in [1.82, 2.24) is 25.1 Å². The summed E-state index contributed by atoms with van der Waals surface area (Å²) >= 11 is 0. The van der Waals surface area contributed by atoms with Crippen LogP contribution < -0.4 is 20.3 Å². The lowest BCUT2D eigenvalue weighted by Gasteiger charge is -2.31. The number of alkyl halides is 3. The smallest absolute Gasteiger partial charge is 0.386 e. The van der Waals surface area contributed by atoms with Crippen LogP contribution in [0.25, 0.3) is 11.1 Å². The fourth-order valence-electron chi connectivity index (χ4n) is 4.95. The van der Waals surface area contributed by atoms with Crippen LogP contribution in [0.5, 0.6) is 5.88 Å². The number of piperazine rings is 1. The zero-order valence-electron chi connectivity index (χ0n) is 23.8. The second kappa shape index (κ2) is 14.6. The monoisotopic (exact) mass is 579 g/mol. The van der Waals surface area contributed by atoms with Crippen LogP contribution in [0.3, 0.4) is 0 Å². The molecule has 0 unspecified atom stereocenters. The van der Waals surface area contributed by atoms with E-state index in [1.54, 1.807) is 6.20 Å².